The Morgan fingerprint density at radius 1 is 1.29 bits per heavy atom. The first-order valence-electron chi connectivity index (χ1n) is 8.04. The molecule has 3 nitrogen and oxygen atoms in total. The molecule has 1 aromatic rings. The van der Waals surface area contributed by atoms with Gasteiger partial charge in [-0.25, -0.2) is 4.39 Å². The van der Waals surface area contributed by atoms with Crippen LogP contribution < -0.4 is 10.1 Å². The van der Waals surface area contributed by atoms with Gasteiger partial charge in [0.25, 0.3) is 0 Å². The standard InChI is InChI=1S/C17H27FN2O/c1-3-4-5-6-16(20-11-9-19-10-12-20)15-8-7-14(18)13-17(15)21-2/h7-8,13,16,19H,3-6,9-12H2,1-2H3/t16-/m1/s1. The second-order valence-corrected chi connectivity index (χ2v) is 5.68. The van der Waals surface area contributed by atoms with E-state index < -0.39 is 0 Å². The lowest BCUT2D eigenvalue weighted by Gasteiger charge is -2.36. The lowest BCUT2D eigenvalue weighted by atomic mass is 9.97. The second-order valence-electron chi connectivity index (χ2n) is 5.68. The Morgan fingerprint density at radius 2 is 2.05 bits per heavy atom. The van der Waals surface area contributed by atoms with Crippen LogP contribution in [0.1, 0.15) is 44.2 Å². The molecule has 0 saturated carbocycles. The molecule has 1 atom stereocenters. The van der Waals surface area contributed by atoms with Gasteiger partial charge < -0.3 is 10.1 Å². The summed E-state index contributed by atoms with van der Waals surface area (Å²) in [6.45, 7) is 6.34. The SMILES string of the molecule is CCCCC[C@H](c1ccc(F)cc1OC)N1CCNCC1. The highest BCUT2D eigenvalue weighted by Crippen LogP contribution is 2.34. The molecule has 1 heterocycles. The zero-order valence-electron chi connectivity index (χ0n) is 13.2. The first kappa shape index (κ1) is 16.2. The van der Waals surface area contributed by atoms with Crippen LogP contribution in [-0.4, -0.2) is 38.2 Å². The van der Waals surface area contributed by atoms with Crippen molar-refractivity contribution in [3.63, 3.8) is 0 Å². The summed E-state index contributed by atoms with van der Waals surface area (Å²) in [5.41, 5.74) is 1.12. The molecular weight excluding hydrogens is 267 g/mol. The Bertz CT molecular complexity index is 433. The molecule has 1 saturated heterocycles. The van der Waals surface area contributed by atoms with Crippen LogP contribution in [0.2, 0.25) is 0 Å². The zero-order chi connectivity index (χ0) is 15.1. The van der Waals surface area contributed by atoms with Crippen molar-refractivity contribution in [1.82, 2.24) is 10.2 Å². The van der Waals surface area contributed by atoms with E-state index in [9.17, 15) is 4.39 Å². The molecule has 21 heavy (non-hydrogen) atoms. The monoisotopic (exact) mass is 294 g/mol. The van der Waals surface area contributed by atoms with Gasteiger partial charge in [0.1, 0.15) is 11.6 Å². The van der Waals surface area contributed by atoms with Crippen molar-refractivity contribution >= 4 is 0 Å². The predicted octanol–water partition coefficient (Wildman–Crippen LogP) is 3.36. The molecule has 0 aromatic heterocycles. The number of ether oxygens (including phenoxy) is 1. The van der Waals surface area contributed by atoms with Gasteiger partial charge in [0.2, 0.25) is 0 Å². The number of nitrogens with zero attached hydrogens (tertiary/aromatic N) is 1. The van der Waals surface area contributed by atoms with Gasteiger partial charge in [0.15, 0.2) is 0 Å². The molecule has 1 aromatic carbocycles. The Morgan fingerprint density at radius 3 is 2.71 bits per heavy atom. The van der Waals surface area contributed by atoms with E-state index in [-0.39, 0.29) is 5.82 Å². The van der Waals surface area contributed by atoms with Crippen molar-refractivity contribution in [2.45, 2.75) is 38.6 Å². The highest BCUT2D eigenvalue weighted by atomic mass is 19.1. The molecule has 1 aliphatic rings. The maximum atomic E-state index is 13.4. The fraction of sp³-hybridized carbons (Fsp3) is 0.647. The van der Waals surface area contributed by atoms with Gasteiger partial charge >= 0.3 is 0 Å². The summed E-state index contributed by atoms with van der Waals surface area (Å²) in [5.74, 6) is 0.443. The molecule has 2 rings (SSSR count). The van der Waals surface area contributed by atoms with Crippen molar-refractivity contribution in [1.29, 1.82) is 0 Å². The summed E-state index contributed by atoms with van der Waals surface area (Å²) < 4.78 is 18.9. The number of nitrogens with one attached hydrogen (secondary N) is 1. The van der Waals surface area contributed by atoms with Gasteiger partial charge in [-0.1, -0.05) is 32.3 Å². The highest BCUT2D eigenvalue weighted by Gasteiger charge is 2.24. The molecule has 1 N–H and O–H groups in total. The number of methoxy groups -OCH3 is 1. The molecule has 4 heteroatoms. The Kier molecular flexibility index (Phi) is 6.46. The van der Waals surface area contributed by atoms with Crippen molar-refractivity contribution < 1.29 is 9.13 Å². The lowest BCUT2D eigenvalue weighted by molar-refractivity contribution is 0.160. The van der Waals surface area contributed by atoms with Crippen LogP contribution >= 0.6 is 0 Å². The summed E-state index contributed by atoms with van der Waals surface area (Å²) in [5, 5.41) is 3.39. The number of benzene rings is 1. The molecule has 0 aliphatic carbocycles. The molecule has 0 radical (unpaired) electrons. The van der Waals surface area contributed by atoms with Crippen LogP contribution in [-0.2, 0) is 0 Å². The third-order valence-electron chi connectivity index (χ3n) is 4.23. The summed E-state index contributed by atoms with van der Waals surface area (Å²) in [6.07, 6.45) is 4.77. The van der Waals surface area contributed by atoms with Gasteiger partial charge in [0.05, 0.1) is 7.11 Å². The quantitative estimate of drug-likeness (QED) is 0.780. The van der Waals surface area contributed by atoms with Gasteiger partial charge in [-0.2, -0.15) is 0 Å². The largest absolute Gasteiger partial charge is 0.496 e. The van der Waals surface area contributed by atoms with E-state index in [4.69, 9.17) is 4.74 Å². The van der Waals surface area contributed by atoms with Crippen molar-refractivity contribution in [2.75, 3.05) is 33.3 Å². The summed E-state index contributed by atoms with van der Waals surface area (Å²) in [7, 11) is 1.62. The van der Waals surface area contributed by atoms with E-state index in [1.807, 2.05) is 6.07 Å². The number of hydrogen-bond acceptors (Lipinski definition) is 3. The fourth-order valence-electron chi connectivity index (χ4n) is 3.08. The minimum Gasteiger partial charge on any atom is -0.496 e. The van der Waals surface area contributed by atoms with Crippen LogP contribution in [0.5, 0.6) is 5.75 Å². The molecule has 118 valence electrons. The van der Waals surface area contributed by atoms with Gasteiger partial charge in [0, 0.05) is 43.9 Å². The van der Waals surface area contributed by atoms with Crippen LogP contribution in [0.3, 0.4) is 0 Å². The zero-order valence-corrected chi connectivity index (χ0v) is 13.2. The maximum Gasteiger partial charge on any atom is 0.126 e. The van der Waals surface area contributed by atoms with Gasteiger partial charge in [-0.15, -0.1) is 0 Å². The topological polar surface area (TPSA) is 24.5 Å². The minimum atomic E-state index is -0.233. The van der Waals surface area contributed by atoms with Crippen molar-refractivity contribution in [3.05, 3.63) is 29.6 Å². The van der Waals surface area contributed by atoms with Crippen molar-refractivity contribution in [2.24, 2.45) is 0 Å². The van der Waals surface area contributed by atoms with E-state index in [0.717, 1.165) is 38.2 Å². The van der Waals surface area contributed by atoms with E-state index in [1.54, 1.807) is 13.2 Å². The van der Waals surface area contributed by atoms with Gasteiger partial charge in [-0.3, -0.25) is 4.90 Å². The number of halogens is 1. The number of unbranched alkanes of at least 4 members (excludes halogenated alkanes) is 2. The van der Waals surface area contributed by atoms with E-state index in [1.165, 1.54) is 25.3 Å². The van der Waals surface area contributed by atoms with Crippen LogP contribution in [0.25, 0.3) is 0 Å². The Labute approximate surface area is 127 Å². The summed E-state index contributed by atoms with van der Waals surface area (Å²) in [4.78, 5) is 2.50. The van der Waals surface area contributed by atoms with E-state index in [0.29, 0.717) is 11.8 Å². The maximum absolute atomic E-state index is 13.4. The smallest absolute Gasteiger partial charge is 0.126 e. The Hall–Kier alpha value is -1.13. The molecule has 0 unspecified atom stereocenters. The van der Waals surface area contributed by atoms with Gasteiger partial charge in [-0.05, 0) is 12.5 Å². The average molecular weight is 294 g/mol. The van der Waals surface area contributed by atoms with E-state index in [2.05, 4.69) is 17.1 Å². The van der Waals surface area contributed by atoms with Crippen LogP contribution in [0.4, 0.5) is 4.39 Å². The number of hydrogen-bond donors (Lipinski definition) is 1. The lowest BCUT2D eigenvalue weighted by Crippen LogP contribution is -2.45. The predicted molar refractivity (Wildman–Crippen MR) is 84.3 cm³/mol. The van der Waals surface area contributed by atoms with Crippen LogP contribution in [0, 0.1) is 5.82 Å². The minimum absolute atomic E-state index is 0.233. The molecule has 0 amide bonds. The summed E-state index contributed by atoms with van der Waals surface area (Å²) in [6, 6.07) is 5.28. The molecule has 0 spiro atoms. The molecule has 1 aliphatic heterocycles. The highest BCUT2D eigenvalue weighted by molar-refractivity contribution is 5.36. The van der Waals surface area contributed by atoms with E-state index >= 15 is 0 Å². The first-order chi connectivity index (χ1) is 10.3. The fourth-order valence-corrected chi connectivity index (χ4v) is 3.08. The number of rotatable bonds is 7. The summed E-state index contributed by atoms with van der Waals surface area (Å²) >= 11 is 0. The van der Waals surface area contributed by atoms with Crippen LogP contribution in [0.15, 0.2) is 18.2 Å². The second kappa shape index (κ2) is 8.35. The molecule has 0 bridgehead atoms. The molecular formula is C17H27FN2O. The Balaban J connectivity index is 2.20. The normalized spacial score (nSPS) is 17.7. The average Bonchev–Trinajstić information content (AvgIpc) is 2.53. The third-order valence-corrected chi connectivity index (χ3v) is 4.23. The van der Waals surface area contributed by atoms with Crippen molar-refractivity contribution in [3.8, 4) is 5.75 Å². The third kappa shape index (κ3) is 4.42. The molecule has 1 fully saturated rings. The first-order valence-corrected chi connectivity index (χ1v) is 8.04. The number of piperazine rings is 1.